The fourth-order valence-corrected chi connectivity index (χ4v) is 3.50. The molecule has 1 aliphatic rings. The summed E-state index contributed by atoms with van der Waals surface area (Å²) in [5, 5.41) is 8.75. The van der Waals surface area contributed by atoms with E-state index in [1.165, 1.54) is 20.9 Å². The Labute approximate surface area is 150 Å². The van der Waals surface area contributed by atoms with Gasteiger partial charge in [0.15, 0.2) is 11.5 Å². The smallest absolute Gasteiger partial charge is 0.277 e. The van der Waals surface area contributed by atoms with Crippen LogP contribution in [0.25, 0.3) is 11.5 Å². The number of hydrogen-bond donors (Lipinski definition) is 0. The van der Waals surface area contributed by atoms with Gasteiger partial charge in [-0.05, 0) is 58.5 Å². The first-order valence-electron chi connectivity index (χ1n) is 6.89. The maximum absolute atomic E-state index is 5.72. The van der Waals surface area contributed by atoms with Crippen LogP contribution in [0, 0.1) is 3.57 Å². The standard InChI is InChI=1S/C16H11IN2O3S/c17-12-3-1-2-10(6-12)8-23-16-19-18-15(22-16)11-4-5-13-14(7-11)21-9-20-13/h1-7H,8-9H2. The van der Waals surface area contributed by atoms with Crippen LogP contribution in [-0.2, 0) is 5.75 Å². The number of halogens is 1. The summed E-state index contributed by atoms with van der Waals surface area (Å²) in [7, 11) is 0. The Hall–Kier alpha value is -1.74. The highest BCUT2D eigenvalue weighted by Crippen LogP contribution is 2.36. The van der Waals surface area contributed by atoms with E-state index in [4.69, 9.17) is 13.9 Å². The molecule has 0 aliphatic carbocycles. The first-order chi connectivity index (χ1) is 11.3. The average molecular weight is 438 g/mol. The second-order valence-corrected chi connectivity index (χ2v) is 7.03. The fraction of sp³-hybridized carbons (Fsp3) is 0.125. The molecule has 0 saturated heterocycles. The number of benzene rings is 2. The van der Waals surface area contributed by atoms with Gasteiger partial charge in [0.2, 0.25) is 12.7 Å². The minimum absolute atomic E-state index is 0.250. The Morgan fingerprint density at radius 3 is 2.87 bits per heavy atom. The van der Waals surface area contributed by atoms with Crippen LogP contribution in [0.5, 0.6) is 11.5 Å². The first-order valence-corrected chi connectivity index (χ1v) is 8.95. The topological polar surface area (TPSA) is 57.4 Å². The van der Waals surface area contributed by atoms with Gasteiger partial charge in [-0.1, -0.05) is 23.9 Å². The van der Waals surface area contributed by atoms with Crippen molar-refractivity contribution in [2.24, 2.45) is 0 Å². The number of rotatable bonds is 4. The summed E-state index contributed by atoms with van der Waals surface area (Å²) in [5.41, 5.74) is 2.05. The van der Waals surface area contributed by atoms with Gasteiger partial charge in [-0.15, -0.1) is 10.2 Å². The Balaban J connectivity index is 1.48. The largest absolute Gasteiger partial charge is 0.454 e. The van der Waals surface area contributed by atoms with E-state index < -0.39 is 0 Å². The molecule has 116 valence electrons. The molecule has 0 radical (unpaired) electrons. The van der Waals surface area contributed by atoms with Gasteiger partial charge in [-0.2, -0.15) is 0 Å². The van der Waals surface area contributed by atoms with Gasteiger partial charge in [-0.25, -0.2) is 0 Å². The third kappa shape index (κ3) is 3.30. The molecule has 0 atom stereocenters. The molecule has 0 unspecified atom stereocenters. The molecule has 1 aliphatic heterocycles. The number of nitrogens with zero attached hydrogens (tertiary/aromatic N) is 2. The van der Waals surface area contributed by atoms with Gasteiger partial charge >= 0.3 is 0 Å². The lowest BCUT2D eigenvalue weighted by Crippen LogP contribution is -1.92. The third-order valence-electron chi connectivity index (χ3n) is 3.28. The Morgan fingerprint density at radius 2 is 1.96 bits per heavy atom. The van der Waals surface area contributed by atoms with Gasteiger partial charge < -0.3 is 13.9 Å². The summed E-state index contributed by atoms with van der Waals surface area (Å²) < 4.78 is 17.6. The van der Waals surface area contributed by atoms with Crippen LogP contribution in [0.1, 0.15) is 5.56 Å². The van der Waals surface area contributed by atoms with Gasteiger partial charge in [0.05, 0.1) is 0 Å². The van der Waals surface area contributed by atoms with Crippen molar-refractivity contribution in [3.05, 3.63) is 51.6 Å². The van der Waals surface area contributed by atoms with Crippen LogP contribution in [-0.4, -0.2) is 17.0 Å². The van der Waals surface area contributed by atoms with E-state index in [-0.39, 0.29) is 6.79 Å². The van der Waals surface area contributed by atoms with E-state index in [2.05, 4.69) is 51.0 Å². The summed E-state index contributed by atoms with van der Waals surface area (Å²) in [4.78, 5) is 0. The Morgan fingerprint density at radius 1 is 1.04 bits per heavy atom. The lowest BCUT2D eigenvalue weighted by atomic mass is 10.2. The number of fused-ring (bicyclic) bond motifs is 1. The lowest BCUT2D eigenvalue weighted by molar-refractivity contribution is 0.174. The molecule has 4 rings (SSSR count). The summed E-state index contributed by atoms with van der Waals surface area (Å²) >= 11 is 3.83. The maximum atomic E-state index is 5.72. The van der Waals surface area contributed by atoms with E-state index in [0.717, 1.165) is 17.1 Å². The molecule has 7 heteroatoms. The zero-order chi connectivity index (χ0) is 15.6. The highest BCUT2D eigenvalue weighted by Gasteiger charge is 2.16. The highest BCUT2D eigenvalue weighted by atomic mass is 127. The molecule has 0 saturated carbocycles. The third-order valence-corrected chi connectivity index (χ3v) is 4.84. The predicted octanol–water partition coefficient (Wildman–Crippen LogP) is 4.36. The maximum Gasteiger partial charge on any atom is 0.277 e. The average Bonchev–Trinajstić information content (AvgIpc) is 3.21. The van der Waals surface area contributed by atoms with Gasteiger partial charge in [0, 0.05) is 14.9 Å². The highest BCUT2D eigenvalue weighted by molar-refractivity contribution is 14.1. The normalized spacial score (nSPS) is 12.6. The summed E-state index contributed by atoms with van der Waals surface area (Å²) in [6.45, 7) is 0.250. The predicted molar refractivity (Wildman–Crippen MR) is 94.6 cm³/mol. The van der Waals surface area contributed by atoms with Crippen LogP contribution in [0.15, 0.2) is 52.1 Å². The van der Waals surface area contributed by atoms with Crippen LogP contribution in [0.2, 0.25) is 0 Å². The summed E-state index contributed by atoms with van der Waals surface area (Å²) in [6.07, 6.45) is 0. The van der Waals surface area contributed by atoms with E-state index in [1.807, 2.05) is 24.3 Å². The molecule has 1 aromatic heterocycles. The van der Waals surface area contributed by atoms with E-state index in [0.29, 0.717) is 16.9 Å². The molecule has 23 heavy (non-hydrogen) atoms. The second-order valence-electron chi connectivity index (χ2n) is 4.86. The molecule has 2 aromatic carbocycles. The second kappa shape index (κ2) is 6.40. The number of aromatic nitrogens is 2. The molecule has 0 bridgehead atoms. The van der Waals surface area contributed by atoms with Gasteiger partial charge in [0.25, 0.3) is 5.22 Å². The van der Waals surface area contributed by atoms with Crippen molar-refractivity contribution < 1.29 is 13.9 Å². The molecule has 5 nitrogen and oxygen atoms in total. The van der Waals surface area contributed by atoms with Crippen molar-refractivity contribution >= 4 is 34.4 Å². The van der Waals surface area contributed by atoms with Crippen molar-refractivity contribution in [2.45, 2.75) is 11.0 Å². The van der Waals surface area contributed by atoms with Crippen LogP contribution >= 0.6 is 34.4 Å². The van der Waals surface area contributed by atoms with Crippen LogP contribution < -0.4 is 9.47 Å². The molecule has 0 fully saturated rings. The molecular formula is C16H11IN2O3S. The monoisotopic (exact) mass is 438 g/mol. The van der Waals surface area contributed by atoms with Crippen molar-refractivity contribution in [3.8, 4) is 23.0 Å². The first kappa shape index (κ1) is 14.8. The minimum Gasteiger partial charge on any atom is -0.454 e. The zero-order valence-electron chi connectivity index (χ0n) is 11.9. The van der Waals surface area contributed by atoms with E-state index >= 15 is 0 Å². The number of thioether (sulfide) groups is 1. The fourth-order valence-electron chi connectivity index (χ4n) is 2.19. The van der Waals surface area contributed by atoms with Crippen molar-refractivity contribution in [3.63, 3.8) is 0 Å². The molecule has 2 heterocycles. The SMILES string of the molecule is Ic1cccc(CSc2nnc(-c3ccc4c(c3)OCO4)o2)c1. The molecule has 0 amide bonds. The molecule has 3 aromatic rings. The molecular weight excluding hydrogens is 427 g/mol. The number of hydrogen-bond acceptors (Lipinski definition) is 6. The van der Waals surface area contributed by atoms with Crippen LogP contribution in [0.3, 0.4) is 0 Å². The van der Waals surface area contributed by atoms with Gasteiger partial charge in [0.1, 0.15) is 0 Å². The summed E-state index contributed by atoms with van der Waals surface area (Å²) in [5.74, 6) is 2.71. The van der Waals surface area contributed by atoms with Gasteiger partial charge in [-0.3, -0.25) is 0 Å². The van der Waals surface area contributed by atoms with Crippen molar-refractivity contribution in [1.29, 1.82) is 0 Å². The van der Waals surface area contributed by atoms with E-state index in [1.54, 1.807) is 0 Å². The Kier molecular flexibility index (Phi) is 4.13. The van der Waals surface area contributed by atoms with Crippen molar-refractivity contribution in [1.82, 2.24) is 10.2 Å². The molecule has 0 spiro atoms. The summed E-state index contributed by atoms with van der Waals surface area (Å²) in [6, 6.07) is 13.9. The van der Waals surface area contributed by atoms with Crippen LogP contribution in [0.4, 0.5) is 0 Å². The quantitative estimate of drug-likeness (QED) is 0.446. The lowest BCUT2D eigenvalue weighted by Gasteiger charge is -1.99. The number of ether oxygens (including phenoxy) is 2. The van der Waals surface area contributed by atoms with E-state index in [9.17, 15) is 0 Å². The Bertz CT molecular complexity index is 853. The minimum atomic E-state index is 0.250. The zero-order valence-corrected chi connectivity index (χ0v) is 14.8. The van der Waals surface area contributed by atoms with Crippen molar-refractivity contribution in [2.75, 3.05) is 6.79 Å². The molecule has 0 N–H and O–H groups in total.